The number of methoxy groups -OCH3 is 1. The molecule has 1 aliphatic heterocycles. The van der Waals surface area contributed by atoms with E-state index in [0.717, 1.165) is 22.2 Å². The number of H-pyrrole nitrogens is 1. The van der Waals surface area contributed by atoms with E-state index in [1.54, 1.807) is 18.1 Å². The number of aromatic amines is 1. The molecule has 4 rings (SSSR count). The molecule has 0 spiro atoms. The van der Waals surface area contributed by atoms with E-state index in [2.05, 4.69) is 9.88 Å². The molecule has 0 aliphatic carbocycles. The summed E-state index contributed by atoms with van der Waals surface area (Å²) in [5.41, 5.74) is -0.357. The van der Waals surface area contributed by atoms with Crippen LogP contribution in [0.1, 0.15) is 15.9 Å². The predicted molar refractivity (Wildman–Crippen MR) is 118 cm³/mol. The van der Waals surface area contributed by atoms with Gasteiger partial charge in [0.15, 0.2) is 0 Å². The minimum Gasteiger partial charge on any atom is -0.497 e. The Hall–Kier alpha value is -3.88. The molecule has 9 heteroatoms. The molecule has 8 nitrogen and oxygen atoms in total. The van der Waals surface area contributed by atoms with Crippen LogP contribution in [0, 0.1) is 5.82 Å². The Balaban J connectivity index is 1.49. The first-order valence-corrected chi connectivity index (χ1v) is 10.2. The fourth-order valence-electron chi connectivity index (χ4n) is 3.74. The van der Waals surface area contributed by atoms with Crippen LogP contribution in [0.25, 0.3) is 0 Å². The number of rotatable bonds is 5. The molecule has 1 amide bonds. The Morgan fingerprint density at radius 1 is 1.03 bits per heavy atom. The maximum atomic E-state index is 14.0. The van der Waals surface area contributed by atoms with E-state index in [1.165, 1.54) is 18.2 Å². The molecule has 1 aromatic heterocycles. The maximum absolute atomic E-state index is 14.0. The smallest absolute Gasteiger partial charge is 0.328 e. The van der Waals surface area contributed by atoms with Crippen LogP contribution in [0.5, 0.6) is 5.75 Å². The van der Waals surface area contributed by atoms with Crippen LogP contribution in [0.4, 0.5) is 10.1 Å². The second-order valence-corrected chi connectivity index (χ2v) is 7.47. The number of amides is 1. The molecule has 1 N–H and O–H groups in total. The van der Waals surface area contributed by atoms with Gasteiger partial charge in [-0.25, -0.2) is 9.18 Å². The Morgan fingerprint density at radius 2 is 1.72 bits per heavy atom. The minimum atomic E-state index is -0.736. The molecule has 2 heterocycles. The highest BCUT2D eigenvalue weighted by Crippen LogP contribution is 2.20. The van der Waals surface area contributed by atoms with Crippen molar-refractivity contribution in [1.82, 2.24) is 14.5 Å². The fraction of sp³-hybridized carbons (Fsp3) is 0.261. The van der Waals surface area contributed by atoms with Gasteiger partial charge in [0, 0.05) is 43.6 Å². The number of aromatic nitrogens is 2. The van der Waals surface area contributed by atoms with Crippen LogP contribution >= 0.6 is 0 Å². The number of halogens is 1. The predicted octanol–water partition coefficient (Wildman–Crippen LogP) is 1.69. The summed E-state index contributed by atoms with van der Waals surface area (Å²) in [4.78, 5) is 44.3. The van der Waals surface area contributed by atoms with Gasteiger partial charge < -0.3 is 19.5 Å². The number of benzene rings is 2. The SMILES string of the molecule is COc1ccc(N2CCN(C(=O)c3c[nH]c(=O)n(Cc4ccccc4F)c3=O)CC2)cc1. The molecule has 0 bridgehead atoms. The normalized spacial score (nSPS) is 13.8. The van der Waals surface area contributed by atoms with Crippen LogP contribution in [0.15, 0.2) is 64.3 Å². The number of hydrogen-bond acceptors (Lipinski definition) is 5. The molecule has 1 saturated heterocycles. The van der Waals surface area contributed by atoms with Crippen molar-refractivity contribution >= 4 is 11.6 Å². The van der Waals surface area contributed by atoms with E-state index in [1.807, 2.05) is 24.3 Å². The van der Waals surface area contributed by atoms with Gasteiger partial charge in [0.1, 0.15) is 17.1 Å². The van der Waals surface area contributed by atoms with E-state index < -0.39 is 23.0 Å². The van der Waals surface area contributed by atoms with Gasteiger partial charge in [-0.3, -0.25) is 14.2 Å². The number of nitrogens with one attached hydrogen (secondary N) is 1. The first-order valence-electron chi connectivity index (χ1n) is 10.2. The molecular formula is C23H23FN4O4. The van der Waals surface area contributed by atoms with Gasteiger partial charge >= 0.3 is 5.69 Å². The summed E-state index contributed by atoms with van der Waals surface area (Å²) in [5, 5.41) is 0. The minimum absolute atomic E-state index is 0.140. The van der Waals surface area contributed by atoms with Crippen molar-refractivity contribution in [2.24, 2.45) is 0 Å². The Labute approximate surface area is 183 Å². The largest absolute Gasteiger partial charge is 0.497 e. The summed E-state index contributed by atoms with van der Waals surface area (Å²) < 4.78 is 20.0. The van der Waals surface area contributed by atoms with Crippen molar-refractivity contribution in [3.8, 4) is 5.75 Å². The van der Waals surface area contributed by atoms with Crippen LogP contribution in [0.2, 0.25) is 0 Å². The first-order chi connectivity index (χ1) is 15.5. The second-order valence-electron chi connectivity index (χ2n) is 7.47. The van der Waals surface area contributed by atoms with Gasteiger partial charge in [0.25, 0.3) is 11.5 Å². The van der Waals surface area contributed by atoms with Crippen molar-refractivity contribution < 1.29 is 13.9 Å². The molecule has 2 aromatic carbocycles. The third-order valence-electron chi connectivity index (χ3n) is 5.58. The number of nitrogens with zero attached hydrogens (tertiary/aromatic N) is 3. The lowest BCUT2D eigenvalue weighted by Crippen LogP contribution is -2.50. The highest BCUT2D eigenvalue weighted by molar-refractivity contribution is 5.93. The number of carbonyl (C=O) groups excluding carboxylic acids is 1. The van der Waals surface area contributed by atoms with Gasteiger partial charge in [-0.15, -0.1) is 0 Å². The molecular weight excluding hydrogens is 415 g/mol. The zero-order valence-corrected chi connectivity index (χ0v) is 17.6. The summed E-state index contributed by atoms with van der Waals surface area (Å²) >= 11 is 0. The zero-order valence-electron chi connectivity index (χ0n) is 17.6. The van der Waals surface area contributed by atoms with Gasteiger partial charge in [-0.1, -0.05) is 18.2 Å². The summed E-state index contributed by atoms with van der Waals surface area (Å²) in [6.07, 6.45) is 1.14. The van der Waals surface area contributed by atoms with Crippen molar-refractivity contribution in [2.45, 2.75) is 6.54 Å². The average Bonchev–Trinajstić information content (AvgIpc) is 2.83. The lowest BCUT2D eigenvalue weighted by molar-refractivity contribution is 0.0743. The monoisotopic (exact) mass is 438 g/mol. The first kappa shape index (κ1) is 21.4. The lowest BCUT2D eigenvalue weighted by Gasteiger charge is -2.36. The zero-order chi connectivity index (χ0) is 22.7. The molecule has 0 atom stereocenters. The van der Waals surface area contributed by atoms with Gasteiger partial charge in [0.2, 0.25) is 0 Å². The van der Waals surface area contributed by atoms with E-state index in [4.69, 9.17) is 4.74 Å². The van der Waals surface area contributed by atoms with E-state index in [0.29, 0.717) is 26.2 Å². The third kappa shape index (κ3) is 4.27. The lowest BCUT2D eigenvalue weighted by atomic mass is 10.2. The van der Waals surface area contributed by atoms with E-state index in [9.17, 15) is 18.8 Å². The Bertz CT molecular complexity index is 1230. The van der Waals surface area contributed by atoms with Gasteiger partial charge in [-0.05, 0) is 30.3 Å². The molecule has 1 fully saturated rings. The summed E-state index contributed by atoms with van der Waals surface area (Å²) in [7, 11) is 1.61. The highest BCUT2D eigenvalue weighted by atomic mass is 19.1. The third-order valence-corrected chi connectivity index (χ3v) is 5.58. The summed E-state index contributed by atoms with van der Waals surface area (Å²) in [6.45, 7) is 1.80. The summed E-state index contributed by atoms with van der Waals surface area (Å²) in [6, 6.07) is 13.6. The molecule has 1 aliphatic rings. The van der Waals surface area contributed by atoms with Crippen LogP contribution < -0.4 is 20.9 Å². The van der Waals surface area contributed by atoms with E-state index >= 15 is 0 Å². The Kier molecular flexibility index (Phi) is 6.07. The van der Waals surface area contributed by atoms with Crippen LogP contribution in [-0.2, 0) is 6.54 Å². The van der Waals surface area contributed by atoms with Crippen molar-refractivity contribution in [3.63, 3.8) is 0 Å². The standard InChI is InChI=1S/C23H23FN4O4/c1-32-18-8-6-17(7-9-18)26-10-12-27(13-11-26)21(29)19-14-25-23(31)28(22(19)30)15-16-4-2-3-5-20(16)24/h2-9,14H,10-13,15H2,1H3,(H,25,31). The van der Waals surface area contributed by atoms with Crippen LogP contribution in [-0.4, -0.2) is 53.6 Å². The number of hydrogen-bond donors (Lipinski definition) is 1. The fourth-order valence-corrected chi connectivity index (χ4v) is 3.74. The van der Waals surface area contributed by atoms with Crippen LogP contribution in [0.3, 0.4) is 0 Å². The molecule has 32 heavy (non-hydrogen) atoms. The number of piperazine rings is 1. The topological polar surface area (TPSA) is 87.6 Å². The number of anilines is 1. The van der Waals surface area contributed by atoms with Crippen molar-refractivity contribution in [2.75, 3.05) is 38.2 Å². The van der Waals surface area contributed by atoms with Gasteiger partial charge in [-0.2, -0.15) is 0 Å². The number of carbonyl (C=O) groups is 1. The quantitative estimate of drug-likeness (QED) is 0.655. The molecule has 3 aromatic rings. The highest BCUT2D eigenvalue weighted by Gasteiger charge is 2.25. The molecule has 0 saturated carbocycles. The maximum Gasteiger partial charge on any atom is 0.328 e. The molecule has 0 unspecified atom stereocenters. The summed E-state index contributed by atoms with van der Waals surface area (Å²) in [5.74, 6) is -0.208. The van der Waals surface area contributed by atoms with Crippen molar-refractivity contribution in [3.05, 3.63) is 92.5 Å². The average molecular weight is 438 g/mol. The van der Waals surface area contributed by atoms with Crippen molar-refractivity contribution in [1.29, 1.82) is 0 Å². The molecule has 166 valence electrons. The second kappa shape index (κ2) is 9.09. The van der Waals surface area contributed by atoms with E-state index in [-0.39, 0.29) is 17.7 Å². The number of ether oxygens (including phenoxy) is 1. The molecule has 0 radical (unpaired) electrons. The Morgan fingerprint density at radius 3 is 2.38 bits per heavy atom. The van der Waals surface area contributed by atoms with Gasteiger partial charge in [0.05, 0.1) is 13.7 Å².